The van der Waals surface area contributed by atoms with Gasteiger partial charge >= 0.3 is 0 Å². The van der Waals surface area contributed by atoms with Crippen molar-refractivity contribution in [2.75, 3.05) is 0 Å². The summed E-state index contributed by atoms with van der Waals surface area (Å²) in [7, 11) is 0. The van der Waals surface area contributed by atoms with Gasteiger partial charge in [0, 0.05) is 0 Å². The summed E-state index contributed by atoms with van der Waals surface area (Å²) >= 11 is 6.45. The molecule has 2 heteroatoms. The van der Waals surface area contributed by atoms with E-state index >= 15 is 0 Å². The first-order chi connectivity index (χ1) is 8.22. The summed E-state index contributed by atoms with van der Waals surface area (Å²) in [6, 6.07) is 14.5. The molecule has 0 saturated carbocycles. The van der Waals surface area contributed by atoms with Crippen molar-refractivity contribution in [2.24, 2.45) is 0 Å². The third-order valence-corrected chi connectivity index (χ3v) is 3.36. The van der Waals surface area contributed by atoms with Gasteiger partial charge in [-0.25, -0.2) is 4.39 Å². The van der Waals surface area contributed by atoms with Crippen molar-refractivity contribution < 1.29 is 4.39 Å². The number of benzene rings is 2. The Labute approximate surface area is 106 Å². The fourth-order valence-electron chi connectivity index (χ4n) is 1.91. The lowest BCUT2D eigenvalue weighted by Gasteiger charge is -2.14. The van der Waals surface area contributed by atoms with Gasteiger partial charge in [-0.3, -0.25) is 0 Å². The maximum Gasteiger partial charge on any atom is 0.123 e. The zero-order valence-corrected chi connectivity index (χ0v) is 10.4. The van der Waals surface area contributed by atoms with Crippen LogP contribution >= 0.6 is 11.6 Å². The van der Waals surface area contributed by atoms with Gasteiger partial charge in [-0.05, 0) is 35.2 Å². The van der Waals surface area contributed by atoms with Crippen LogP contribution in [0.2, 0.25) is 0 Å². The maximum atomic E-state index is 12.9. The molecule has 0 bridgehead atoms. The second-order valence-corrected chi connectivity index (χ2v) is 4.40. The van der Waals surface area contributed by atoms with E-state index in [-0.39, 0.29) is 11.2 Å². The lowest BCUT2D eigenvalue weighted by Crippen LogP contribution is -1.98. The minimum atomic E-state index is -0.235. The van der Waals surface area contributed by atoms with Gasteiger partial charge in [0.25, 0.3) is 0 Å². The molecule has 0 nitrogen and oxygen atoms in total. The van der Waals surface area contributed by atoms with E-state index < -0.39 is 0 Å². The number of rotatable bonds is 3. The summed E-state index contributed by atoms with van der Waals surface area (Å²) < 4.78 is 12.9. The SMILES string of the molecule is CCc1ccccc1C(Cl)c1ccc(F)cc1. The molecular formula is C15H14ClF. The largest absolute Gasteiger partial charge is 0.207 e. The fraction of sp³-hybridized carbons (Fsp3) is 0.200. The summed E-state index contributed by atoms with van der Waals surface area (Å²) in [5.74, 6) is -0.235. The van der Waals surface area contributed by atoms with Crippen LogP contribution in [0.25, 0.3) is 0 Å². The van der Waals surface area contributed by atoms with E-state index in [2.05, 4.69) is 13.0 Å². The average Bonchev–Trinajstić information content (AvgIpc) is 2.39. The summed E-state index contributed by atoms with van der Waals surface area (Å²) in [4.78, 5) is 0. The van der Waals surface area contributed by atoms with Crippen molar-refractivity contribution in [3.63, 3.8) is 0 Å². The van der Waals surface area contributed by atoms with Gasteiger partial charge in [-0.2, -0.15) is 0 Å². The molecule has 0 saturated heterocycles. The van der Waals surface area contributed by atoms with Crippen LogP contribution in [-0.4, -0.2) is 0 Å². The Balaban J connectivity index is 2.36. The molecule has 2 rings (SSSR count). The Morgan fingerprint density at radius 3 is 2.35 bits per heavy atom. The predicted octanol–water partition coefficient (Wildman–Crippen LogP) is 4.72. The zero-order valence-electron chi connectivity index (χ0n) is 9.66. The summed E-state index contributed by atoms with van der Waals surface area (Å²) in [5, 5.41) is -0.216. The van der Waals surface area contributed by atoms with E-state index in [1.807, 2.05) is 18.2 Å². The summed E-state index contributed by atoms with van der Waals surface area (Å²) in [5.41, 5.74) is 3.26. The molecule has 0 aliphatic rings. The molecule has 0 aliphatic carbocycles. The van der Waals surface area contributed by atoms with E-state index in [9.17, 15) is 4.39 Å². The second kappa shape index (κ2) is 5.33. The topological polar surface area (TPSA) is 0 Å². The second-order valence-electron chi connectivity index (χ2n) is 3.97. The molecule has 1 atom stereocenters. The van der Waals surface area contributed by atoms with Crippen LogP contribution in [0, 0.1) is 5.82 Å². The number of hydrogen-bond acceptors (Lipinski definition) is 0. The average molecular weight is 249 g/mol. The fourth-order valence-corrected chi connectivity index (χ4v) is 2.27. The van der Waals surface area contributed by atoms with Crippen LogP contribution in [0.4, 0.5) is 4.39 Å². The first kappa shape index (κ1) is 12.1. The van der Waals surface area contributed by atoms with Crippen molar-refractivity contribution in [1.29, 1.82) is 0 Å². The van der Waals surface area contributed by atoms with Gasteiger partial charge in [0.1, 0.15) is 5.82 Å². The number of halogens is 2. The number of aryl methyl sites for hydroxylation is 1. The van der Waals surface area contributed by atoms with Crippen molar-refractivity contribution >= 4 is 11.6 Å². The molecule has 0 aliphatic heterocycles. The molecule has 0 fully saturated rings. The summed E-state index contributed by atoms with van der Waals surface area (Å²) in [6.45, 7) is 2.10. The third kappa shape index (κ3) is 2.67. The van der Waals surface area contributed by atoms with Gasteiger partial charge in [-0.15, -0.1) is 11.6 Å². The van der Waals surface area contributed by atoms with Crippen LogP contribution in [0.15, 0.2) is 48.5 Å². The molecule has 0 amide bonds. The quantitative estimate of drug-likeness (QED) is 0.690. The highest BCUT2D eigenvalue weighted by molar-refractivity contribution is 6.22. The van der Waals surface area contributed by atoms with Gasteiger partial charge in [-0.1, -0.05) is 43.3 Å². The minimum Gasteiger partial charge on any atom is -0.207 e. The Morgan fingerprint density at radius 2 is 1.71 bits per heavy atom. The van der Waals surface area contributed by atoms with Gasteiger partial charge < -0.3 is 0 Å². The summed E-state index contributed by atoms with van der Waals surface area (Å²) in [6.07, 6.45) is 0.945. The lowest BCUT2D eigenvalue weighted by molar-refractivity contribution is 0.627. The highest BCUT2D eigenvalue weighted by Crippen LogP contribution is 2.31. The molecule has 17 heavy (non-hydrogen) atoms. The van der Waals surface area contributed by atoms with Gasteiger partial charge in [0.05, 0.1) is 5.38 Å². The Kier molecular flexibility index (Phi) is 3.80. The smallest absolute Gasteiger partial charge is 0.123 e. The maximum absolute atomic E-state index is 12.9. The molecule has 2 aromatic rings. The van der Waals surface area contributed by atoms with Crippen molar-refractivity contribution in [2.45, 2.75) is 18.7 Å². The van der Waals surface area contributed by atoms with Gasteiger partial charge in [0.2, 0.25) is 0 Å². The third-order valence-electron chi connectivity index (χ3n) is 2.87. The Morgan fingerprint density at radius 1 is 1.06 bits per heavy atom. The van der Waals surface area contributed by atoms with Crippen LogP contribution in [0.5, 0.6) is 0 Å². The molecule has 88 valence electrons. The monoisotopic (exact) mass is 248 g/mol. The lowest BCUT2D eigenvalue weighted by atomic mass is 9.98. The highest BCUT2D eigenvalue weighted by Gasteiger charge is 2.13. The zero-order chi connectivity index (χ0) is 12.3. The highest BCUT2D eigenvalue weighted by atomic mass is 35.5. The van der Waals surface area contributed by atoms with Crippen LogP contribution in [-0.2, 0) is 6.42 Å². The number of alkyl halides is 1. The molecule has 0 heterocycles. The predicted molar refractivity (Wildman–Crippen MR) is 69.9 cm³/mol. The van der Waals surface area contributed by atoms with E-state index in [0.717, 1.165) is 17.5 Å². The van der Waals surface area contributed by atoms with E-state index in [1.165, 1.54) is 17.7 Å². The molecule has 2 aromatic carbocycles. The van der Waals surface area contributed by atoms with E-state index in [1.54, 1.807) is 12.1 Å². The molecule has 0 radical (unpaired) electrons. The molecule has 0 spiro atoms. The van der Waals surface area contributed by atoms with Crippen molar-refractivity contribution in [1.82, 2.24) is 0 Å². The van der Waals surface area contributed by atoms with Crippen LogP contribution < -0.4 is 0 Å². The first-order valence-electron chi connectivity index (χ1n) is 5.69. The van der Waals surface area contributed by atoms with Crippen molar-refractivity contribution in [3.05, 3.63) is 71.0 Å². The van der Waals surface area contributed by atoms with Crippen LogP contribution in [0.1, 0.15) is 29.0 Å². The minimum absolute atomic E-state index is 0.216. The van der Waals surface area contributed by atoms with E-state index in [4.69, 9.17) is 11.6 Å². The molecule has 0 N–H and O–H groups in total. The van der Waals surface area contributed by atoms with Crippen molar-refractivity contribution in [3.8, 4) is 0 Å². The Bertz CT molecular complexity index is 491. The van der Waals surface area contributed by atoms with E-state index in [0.29, 0.717) is 0 Å². The first-order valence-corrected chi connectivity index (χ1v) is 6.13. The normalized spacial score (nSPS) is 12.4. The van der Waals surface area contributed by atoms with Crippen LogP contribution in [0.3, 0.4) is 0 Å². The molecule has 1 unspecified atom stereocenters. The van der Waals surface area contributed by atoms with Gasteiger partial charge in [0.15, 0.2) is 0 Å². The Hall–Kier alpha value is -1.34. The standard InChI is InChI=1S/C15H14ClF/c1-2-11-5-3-4-6-14(11)15(16)12-7-9-13(17)10-8-12/h3-10,15H,2H2,1H3. The molecular weight excluding hydrogens is 235 g/mol. The number of hydrogen-bond donors (Lipinski definition) is 0. The molecule has 0 aromatic heterocycles.